The molecule has 3 nitrogen and oxygen atoms in total. The molecule has 0 aliphatic carbocycles. The van der Waals surface area contributed by atoms with E-state index in [0.717, 1.165) is 12.1 Å². The summed E-state index contributed by atoms with van der Waals surface area (Å²) in [4.78, 5) is 6.31. The van der Waals surface area contributed by atoms with E-state index < -0.39 is 17.8 Å². The molecule has 0 fully saturated rings. The second kappa shape index (κ2) is 5.00. The normalized spacial score (nSPS) is 11.4. The van der Waals surface area contributed by atoms with Crippen molar-refractivity contribution >= 4 is 23.1 Å². The van der Waals surface area contributed by atoms with Gasteiger partial charge in [0.1, 0.15) is 16.8 Å². The topological polar surface area (TPSA) is 37.8 Å². The van der Waals surface area contributed by atoms with E-state index in [9.17, 15) is 17.6 Å². The third kappa shape index (κ3) is 3.31. The fraction of sp³-hybridized carbons (Fsp3) is 0.0909. The summed E-state index contributed by atoms with van der Waals surface area (Å²) in [5.74, 6) is -2.25. The number of aromatic nitrogens is 2. The van der Waals surface area contributed by atoms with E-state index in [2.05, 4.69) is 15.3 Å². The number of nitrogens with one attached hydrogen (secondary N) is 1. The first-order chi connectivity index (χ1) is 8.86. The van der Waals surface area contributed by atoms with Gasteiger partial charge in [0, 0.05) is 6.07 Å². The number of halogens is 5. The Morgan fingerprint density at radius 3 is 2.42 bits per heavy atom. The molecule has 0 aliphatic heterocycles. The van der Waals surface area contributed by atoms with E-state index in [-0.39, 0.29) is 16.7 Å². The van der Waals surface area contributed by atoms with Crippen molar-refractivity contribution < 1.29 is 17.6 Å². The van der Waals surface area contributed by atoms with Crippen LogP contribution in [-0.2, 0) is 6.18 Å². The van der Waals surface area contributed by atoms with Gasteiger partial charge in [0.15, 0.2) is 0 Å². The van der Waals surface area contributed by atoms with Gasteiger partial charge in [0.25, 0.3) is 0 Å². The zero-order chi connectivity index (χ0) is 14.0. The third-order valence-corrected chi connectivity index (χ3v) is 2.28. The third-order valence-electron chi connectivity index (χ3n) is 2.09. The van der Waals surface area contributed by atoms with Crippen LogP contribution in [-0.4, -0.2) is 9.97 Å². The molecule has 0 aliphatic rings. The summed E-state index contributed by atoms with van der Waals surface area (Å²) in [6.45, 7) is 0. The average Bonchev–Trinajstić information content (AvgIpc) is 2.30. The van der Waals surface area contributed by atoms with E-state index in [1.165, 1.54) is 18.2 Å². The minimum Gasteiger partial charge on any atom is -0.338 e. The first-order valence-electron chi connectivity index (χ1n) is 4.99. The Bertz CT molecular complexity index is 601. The molecule has 0 radical (unpaired) electrons. The van der Waals surface area contributed by atoms with Gasteiger partial charge in [-0.1, -0.05) is 23.7 Å². The molecule has 0 unspecified atom stereocenters. The van der Waals surface area contributed by atoms with Crippen molar-refractivity contribution in [1.29, 1.82) is 0 Å². The number of nitrogens with zero attached hydrogens (tertiary/aromatic N) is 2. The molecule has 0 atom stereocenters. The number of anilines is 2. The van der Waals surface area contributed by atoms with Crippen LogP contribution in [0.3, 0.4) is 0 Å². The van der Waals surface area contributed by atoms with Gasteiger partial charge in [0.05, 0.1) is 5.69 Å². The Morgan fingerprint density at radius 1 is 1.11 bits per heavy atom. The molecule has 8 heteroatoms. The standard InChI is InChI=1S/C11H6ClF4N3/c12-8-5-9(19-10(18-8)11(14,15)16)17-7-4-2-1-3-6(7)13/h1-5H,(H,17,18,19). The Balaban J connectivity index is 2.36. The van der Waals surface area contributed by atoms with E-state index >= 15 is 0 Å². The molecule has 19 heavy (non-hydrogen) atoms. The van der Waals surface area contributed by atoms with Crippen LogP contribution < -0.4 is 5.32 Å². The molecule has 0 amide bonds. The van der Waals surface area contributed by atoms with Crippen molar-refractivity contribution in [2.45, 2.75) is 6.18 Å². The van der Waals surface area contributed by atoms with Gasteiger partial charge in [-0.2, -0.15) is 13.2 Å². The largest absolute Gasteiger partial charge is 0.451 e. The van der Waals surface area contributed by atoms with Crippen LogP contribution in [0.25, 0.3) is 0 Å². The highest BCUT2D eigenvalue weighted by molar-refractivity contribution is 6.29. The van der Waals surface area contributed by atoms with Gasteiger partial charge in [0.2, 0.25) is 5.82 Å². The highest BCUT2D eigenvalue weighted by Crippen LogP contribution is 2.29. The first-order valence-corrected chi connectivity index (χ1v) is 5.37. The Labute approximate surface area is 110 Å². The smallest absolute Gasteiger partial charge is 0.338 e. The summed E-state index contributed by atoms with van der Waals surface area (Å²) in [5.41, 5.74) is -0.00890. The molecular weight excluding hydrogens is 286 g/mol. The highest BCUT2D eigenvalue weighted by atomic mass is 35.5. The summed E-state index contributed by atoms with van der Waals surface area (Å²) in [7, 11) is 0. The summed E-state index contributed by atoms with van der Waals surface area (Å²) >= 11 is 5.48. The maximum atomic E-state index is 13.3. The van der Waals surface area contributed by atoms with E-state index in [4.69, 9.17) is 11.6 Å². The van der Waals surface area contributed by atoms with Crippen LogP contribution in [0.15, 0.2) is 30.3 Å². The fourth-order valence-electron chi connectivity index (χ4n) is 1.31. The van der Waals surface area contributed by atoms with Gasteiger partial charge in [-0.3, -0.25) is 0 Å². The van der Waals surface area contributed by atoms with Crippen molar-refractivity contribution in [1.82, 2.24) is 9.97 Å². The van der Waals surface area contributed by atoms with E-state index in [1.807, 2.05) is 0 Å². The van der Waals surface area contributed by atoms with Crippen LogP contribution in [0.4, 0.5) is 29.1 Å². The molecule has 1 heterocycles. The molecule has 2 aromatic rings. The zero-order valence-electron chi connectivity index (χ0n) is 9.17. The number of rotatable bonds is 2. The number of hydrogen-bond acceptors (Lipinski definition) is 3. The molecule has 0 bridgehead atoms. The molecule has 100 valence electrons. The average molecular weight is 292 g/mol. The Hall–Kier alpha value is -1.89. The lowest BCUT2D eigenvalue weighted by Crippen LogP contribution is -2.12. The summed E-state index contributed by atoms with van der Waals surface area (Å²) in [6, 6.07) is 6.57. The molecule has 1 N–H and O–H groups in total. The van der Waals surface area contributed by atoms with Crippen LogP contribution in [0.1, 0.15) is 5.82 Å². The molecule has 1 aromatic carbocycles. The lowest BCUT2D eigenvalue weighted by molar-refractivity contribution is -0.144. The van der Waals surface area contributed by atoms with Crippen molar-refractivity contribution in [3.63, 3.8) is 0 Å². The second-order valence-corrected chi connectivity index (χ2v) is 3.89. The van der Waals surface area contributed by atoms with Crippen LogP contribution >= 0.6 is 11.6 Å². The predicted molar refractivity (Wildman–Crippen MR) is 61.7 cm³/mol. The van der Waals surface area contributed by atoms with Crippen molar-refractivity contribution in [2.75, 3.05) is 5.32 Å². The molecular formula is C11H6ClF4N3. The quantitative estimate of drug-likeness (QED) is 0.670. The van der Waals surface area contributed by atoms with Gasteiger partial charge < -0.3 is 5.32 Å². The summed E-state index contributed by atoms with van der Waals surface area (Å²) < 4.78 is 50.8. The maximum Gasteiger partial charge on any atom is 0.451 e. The number of hydrogen-bond donors (Lipinski definition) is 1. The Kier molecular flexibility index (Phi) is 3.57. The molecule has 0 saturated carbocycles. The summed E-state index contributed by atoms with van der Waals surface area (Å²) in [6.07, 6.45) is -4.73. The van der Waals surface area contributed by atoms with Gasteiger partial charge >= 0.3 is 6.18 Å². The number of benzene rings is 1. The SMILES string of the molecule is Fc1ccccc1Nc1cc(Cl)nc(C(F)(F)F)n1. The predicted octanol–water partition coefficient (Wildman–Crippen LogP) is 4.03. The van der Waals surface area contributed by atoms with Crippen LogP contribution in [0.2, 0.25) is 5.15 Å². The van der Waals surface area contributed by atoms with Gasteiger partial charge in [-0.15, -0.1) is 0 Å². The molecule has 2 rings (SSSR count). The lowest BCUT2D eigenvalue weighted by atomic mass is 10.3. The Morgan fingerprint density at radius 2 is 1.79 bits per heavy atom. The first kappa shape index (κ1) is 13.5. The molecule has 0 spiro atoms. The van der Waals surface area contributed by atoms with Gasteiger partial charge in [-0.05, 0) is 12.1 Å². The van der Waals surface area contributed by atoms with E-state index in [0.29, 0.717) is 0 Å². The highest BCUT2D eigenvalue weighted by Gasteiger charge is 2.35. The van der Waals surface area contributed by atoms with E-state index in [1.54, 1.807) is 0 Å². The van der Waals surface area contributed by atoms with Crippen molar-refractivity contribution in [3.05, 3.63) is 47.1 Å². The number of para-hydroxylation sites is 1. The molecule has 1 aromatic heterocycles. The molecule has 0 saturated heterocycles. The van der Waals surface area contributed by atoms with Crippen LogP contribution in [0.5, 0.6) is 0 Å². The summed E-state index contributed by atoms with van der Waals surface area (Å²) in [5, 5.41) is 2.03. The van der Waals surface area contributed by atoms with Gasteiger partial charge in [-0.25, -0.2) is 14.4 Å². The van der Waals surface area contributed by atoms with Crippen LogP contribution in [0, 0.1) is 5.82 Å². The monoisotopic (exact) mass is 291 g/mol. The van der Waals surface area contributed by atoms with Crippen molar-refractivity contribution in [3.8, 4) is 0 Å². The second-order valence-electron chi connectivity index (χ2n) is 3.50. The fourth-order valence-corrected chi connectivity index (χ4v) is 1.49. The lowest BCUT2D eigenvalue weighted by Gasteiger charge is -2.10. The van der Waals surface area contributed by atoms with Crippen molar-refractivity contribution in [2.24, 2.45) is 0 Å². The maximum absolute atomic E-state index is 13.3. The zero-order valence-corrected chi connectivity index (χ0v) is 9.93. The number of alkyl halides is 3. The minimum absolute atomic E-state index is 0.00890. The minimum atomic E-state index is -4.73.